The second-order valence-corrected chi connectivity index (χ2v) is 8.81. The third-order valence-corrected chi connectivity index (χ3v) is 6.63. The fraction of sp³-hybridized carbons (Fsp3) is 0.632. The van der Waals surface area contributed by atoms with Crippen molar-refractivity contribution in [3.05, 3.63) is 20.8 Å². The molecule has 0 spiro atoms. The summed E-state index contributed by atoms with van der Waals surface area (Å²) in [5.74, 6) is 0.272. The van der Waals surface area contributed by atoms with E-state index in [1.807, 2.05) is 27.7 Å². The Labute approximate surface area is 163 Å². The number of carbonyl (C=O) groups excluding carboxylic acids is 1. The average Bonchev–Trinajstić information content (AvgIpc) is 2.87. The van der Waals surface area contributed by atoms with Gasteiger partial charge in [0.05, 0.1) is 11.1 Å². The standard InChI is InChI=1S/C19H29N3O2S2/c1-6-8-9-10-12(3)20-15(23)11-25-19-21-17-16(13(4)14(5)26-17)18(24)22(19)7-2/h12H,6-11H2,1-5H3,(H,20,23). The predicted molar refractivity (Wildman–Crippen MR) is 111 cm³/mol. The van der Waals surface area contributed by atoms with E-state index in [9.17, 15) is 9.59 Å². The second-order valence-electron chi connectivity index (χ2n) is 6.66. The van der Waals surface area contributed by atoms with Crippen molar-refractivity contribution in [1.82, 2.24) is 14.9 Å². The van der Waals surface area contributed by atoms with Gasteiger partial charge < -0.3 is 5.32 Å². The number of amides is 1. The Balaban J connectivity index is 2.08. The highest BCUT2D eigenvalue weighted by molar-refractivity contribution is 7.99. The molecule has 1 amide bonds. The van der Waals surface area contributed by atoms with Crippen LogP contribution in [-0.4, -0.2) is 27.3 Å². The van der Waals surface area contributed by atoms with Crippen LogP contribution in [0.3, 0.4) is 0 Å². The molecule has 0 aliphatic carbocycles. The molecule has 5 nitrogen and oxygen atoms in total. The van der Waals surface area contributed by atoms with Gasteiger partial charge in [-0.2, -0.15) is 0 Å². The van der Waals surface area contributed by atoms with Crippen LogP contribution in [0.1, 0.15) is 56.9 Å². The topological polar surface area (TPSA) is 64.0 Å². The maximum atomic E-state index is 12.8. The number of rotatable bonds is 9. The molecule has 1 N–H and O–H groups in total. The van der Waals surface area contributed by atoms with Crippen LogP contribution in [0.5, 0.6) is 0 Å². The van der Waals surface area contributed by atoms with Crippen molar-refractivity contribution in [3.63, 3.8) is 0 Å². The first kappa shape index (κ1) is 21.0. The molecule has 0 aliphatic rings. The summed E-state index contributed by atoms with van der Waals surface area (Å²) in [6, 6.07) is 0.182. The number of fused-ring (bicyclic) bond motifs is 1. The van der Waals surface area contributed by atoms with Crippen molar-refractivity contribution in [2.45, 2.75) is 78.0 Å². The first-order valence-corrected chi connectivity index (χ1v) is 11.1. The summed E-state index contributed by atoms with van der Waals surface area (Å²) < 4.78 is 1.67. The summed E-state index contributed by atoms with van der Waals surface area (Å²) in [4.78, 5) is 31.6. The largest absolute Gasteiger partial charge is 0.353 e. The van der Waals surface area contributed by atoms with Gasteiger partial charge in [-0.15, -0.1) is 11.3 Å². The van der Waals surface area contributed by atoms with E-state index in [2.05, 4.69) is 17.2 Å². The Morgan fingerprint density at radius 3 is 2.69 bits per heavy atom. The highest BCUT2D eigenvalue weighted by Crippen LogP contribution is 2.28. The van der Waals surface area contributed by atoms with Gasteiger partial charge in [-0.3, -0.25) is 14.2 Å². The van der Waals surface area contributed by atoms with Gasteiger partial charge in [0.25, 0.3) is 5.56 Å². The van der Waals surface area contributed by atoms with E-state index < -0.39 is 0 Å². The van der Waals surface area contributed by atoms with Crippen LogP contribution in [0.15, 0.2) is 9.95 Å². The van der Waals surface area contributed by atoms with E-state index in [0.29, 0.717) is 17.1 Å². The fourth-order valence-corrected chi connectivity index (χ4v) is 4.86. The quantitative estimate of drug-likeness (QED) is 0.391. The van der Waals surface area contributed by atoms with Gasteiger partial charge in [-0.1, -0.05) is 37.9 Å². The zero-order chi connectivity index (χ0) is 19.3. The van der Waals surface area contributed by atoms with E-state index in [4.69, 9.17) is 0 Å². The minimum atomic E-state index is -0.00506. The summed E-state index contributed by atoms with van der Waals surface area (Å²) >= 11 is 2.88. The molecule has 0 aromatic carbocycles. The smallest absolute Gasteiger partial charge is 0.263 e. The SMILES string of the molecule is CCCCCC(C)NC(=O)CSc1nc2sc(C)c(C)c2c(=O)n1CC. The minimum absolute atomic E-state index is 0.00445. The summed E-state index contributed by atoms with van der Waals surface area (Å²) in [5.41, 5.74) is 1.01. The summed E-state index contributed by atoms with van der Waals surface area (Å²) in [7, 11) is 0. The van der Waals surface area contributed by atoms with Gasteiger partial charge in [0.15, 0.2) is 5.16 Å². The monoisotopic (exact) mass is 395 g/mol. The van der Waals surface area contributed by atoms with Crippen molar-refractivity contribution < 1.29 is 4.79 Å². The molecule has 7 heteroatoms. The van der Waals surface area contributed by atoms with Gasteiger partial charge in [0.1, 0.15) is 4.83 Å². The maximum Gasteiger partial charge on any atom is 0.263 e. The van der Waals surface area contributed by atoms with Crippen molar-refractivity contribution >= 4 is 39.2 Å². The number of unbranched alkanes of at least 4 members (excludes halogenated alkanes) is 2. The third-order valence-electron chi connectivity index (χ3n) is 4.55. The van der Waals surface area contributed by atoms with Crippen molar-refractivity contribution in [1.29, 1.82) is 0 Å². The van der Waals surface area contributed by atoms with Crippen LogP contribution >= 0.6 is 23.1 Å². The number of nitrogens with zero attached hydrogens (tertiary/aromatic N) is 2. The highest BCUT2D eigenvalue weighted by Gasteiger charge is 2.17. The third kappa shape index (κ3) is 4.88. The van der Waals surface area contributed by atoms with Crippen LogP contribution in [0.25, 0.3) is 10.2 Å². The molecular formula is C19H29N3O2S2. The first-order chi connectivity index (χ1) is 12.4. The molecular weight excluding hydrogens is 366 g/mol. The van der Waals surface area contributed by atoms with Crippen LogP contribution < -0.4 is 10.9 Å². The molecule has 1 unspecified atom stereocenters. The lowest BCUT2D eigenvalue weighted by Gasteiger charge is -2.14. The molecule has 0 saturated heterocycles. The van der Waals surface area contributed by atoms with E-state index >= 15 is 0 Å². The lowest BCUT2D eigenvalue weighted by Crippen LogP contribution is -2.34. The lowest BCUT2D eigenvalue weighted by atomic mass is 10.1. The van der Waals surface area contributed by atoms with Gasteiger partial charge in [-0.05, 0) is 39.7 Å². The van der Waals surface area contributed by atoms with Crippen molar-refractivity contribution in [3.8, 4) is 0 Å². The fourth-order valence-electron chi connectivity index (χ4n) is 2.92. The van der Waals surface area contributed by atoms with Crippen molar-refractivity contribution in [2.75, 3.05) is 5.75 Å². The first-order valence-electron chi connectivity index (χ1n) is 9.31. The van der Waals surface area contributed by atoms with Crippen molar-refractivity contribution in [2.24, 2.45) is 0 Å². The number of hydrogen-bond acceptors (Lipinski definition) is 5. The Kier molecular flexibility index (Phi) is 7.70. The van der Waals surface area contributed by atoms with E-state index in [0.717, 1.165) is 28.1 Å². The molecule has 2 heterocycles. The number of aromatic nitrogens is 2. The molecule has 0 fully saturated rings. The number of nitrogens with one attached hydrogen (secondary N) is 1. The number of thiophene rings is 1. The molecule has 1 atom stereocenters. The van der Waals surface area contributed by atoms with Gasteiger partial charge in [0, 0.05) is 17.5 Å². The van der Waals surface area contributed by atoms with E-state index in [1.165, 1.54) is 24.6 Å². The normalized spacial score (nSPS) is 12.5. The zero-order valence-electron chi connectivity index (χ0n) is 16.3. The van der Waals surface area contributed by atoms with Gasteiger partial charge >= 0.3 is 0 Å². The average molecular weight is 396 g/mol. The van der Waals surface area contributed by atoms with E-state index in [-0.39, 0.29) is 23.3 Å². The molecule has 144 valence electrons. The van der Waals surface area contributed by atoms with Crippen LogP contribution in [-0.2, 0) is 11.3 Å². The lowest BCUT2D eigenvalue weighted by molar-refractivity contribution is -0.119. The molecule has 0 bridgehead atoms. The summed E-state index contributed by atoms with van der Waals surface area (Å²) in [6.07, 6.45) is 4.51. The Morgan fingerprint density at radius 1 is 1.31 bits per heavy atom. The van der Waals surface area contributed by atoms with E-state index in [1.54, 1.807) is 15.9 Å². The van der Waals surface area contributed by atoms with Gasteiger partial charge in [-0.25, -0.2) is 4.98 Å². The summed E-state index contributed by atoms with van der Waals surface area (Å²) in [6.45, 7) is 10.7. The molecule has 2 aromatic heterocycles. The number of aryl methyl sites for hydroxylation is 2. The minimum Gasteiger partial charge on any atom is -0.353 e. The second kappa shape index (κ2) is 9.55. The Bertz CT molecular complexity index is 826. The van der Waals surface area contributed by atoms with Crippen LogP contribution in [0, 0.1) is 13.8 Å². The molecule has 2 aromatic rings. The highest BCUT2D eigenvalue weighted by atomic mass is 32.2. The summed E-state index contributed by atoms with van der Waals surface area (Å²) in [5, 5.41) is 4.38. The molecule has 0 aliphatic heterocycles. The number of carbonyl (C=O) groups is 1. The molecule has 0 radical (unpaired) electrons. The molecule has 0 saturated carbocycles. The number of thioether (sulfide) groups is 1. The molecule has 2 rings (SSSR count). The van der Waals surface area contributed by atoms with Gasteiger partial charge in [0.2, 0.25) is 5.91 Å². The Hall–Kier alpha value is -1.34. The number of hydrogen-bond donors (Lipinski definition) is 1. The van der Waals surface area contributed by atoms with Crippen LogP contribution in [0.2, 0.25) is 0 Å². The zero-order valence-corrected chi connectivity index (χ0v) is 18.0. The Morgan fingerprint density at radius 2 is 2.04 bits per heavy atom. The predicted octanol–water partition coefficient (Wildman–Crippen LogP) is 4.27. The van der Waals surface area contributed by atoms with Crippen LogP contribution in [0.4, 0.5) is 0 Å². The molecule has 26 heavy (non-hydrogen) atoms. The maximum absolute atomic E-state index is 12.8.